The monoisotopic (exact) mass is 401 g/mol. The summed E-state index contributed by atoms with van der Waals surface area (Å²) >= 11 is 0. The molecule has 0 spiro atoms. The Balaban J connectivity index is 1.49. The van der Waals surface area contributed by atoms with Crippen LogP contribution in [0.5, 0.6) is 0 Å². The fraction of sp³-hybridized carbons (Fsp3) is 0.652. The van der Waals surface area contributed by atoms with Gasteiger partial charge in [-0.15, -0.1) is 0 Å². The molecule has 1 aromatic carbocycles. The molecule has 0 radical (unpaired) electrons. The summed E-state index contributed by atoms with van der Waals surface area (Å²) in [6.45, 7) is 7.59. The second-order valence-electron chi connectivity index (χ2n) is 8.50. The van der Waals surface area contributed by atoms with Gasteiger partial charge in [-0.2, -0.15) is 0 Å². The highest BCUT2D eigenvalue weighted by molar-refractivity contribution is 5.96. The fourth-order valence-corrected chi connectivity index (χ4v) is 4.49. The number of methoxy groups -OCH3 is 1. The number of aryl methyl sites for hydroxylation is 1. The lowest BCUT2D eigenvalue weighted by atomic mass is 9.89. The normalized spacial score (nSPS) is 19.5. The van der Waals surface area contributed by atoms with Gasteiger partial charge in [-0.3, -0.25) is 9.69 Å². The topological polar surface area (TPSA) is 61.9 Å². The zero-order valence-corrected chi connectivity index (χ0v) is 17.9. The number of nitrogens with one attached hydrogen (secondary N) is 1. The lowest BCUT2D eigenvalue weighted by Gasteiger charge is -2.28. The number of carbonyl (C=O) groups is 2. The quantitative estimate of drug-likeness (QED) is 0.741. The van der Waals surface area contributed by atoms with Crippen molar-refractivity contribution in [3.05, 3.63) is 29.3 Å². The van der Waals surface area contributed by atoms with Crippen LogP contribution in [0.2, 0.25) is 0 Å². The molecule has 1 saturated heterocycles. The molecule has 1 saturated carbocycles. The molecule has 1 heterocycles. The van der Waals surface area contributed by atoms with Crippen molar-refractivity contribution in [3.8, 4) is 0 Å². The maximum Gasteiger partial charge on any atom is 0.337 e. The number of amides is 1. The zero-order valence-electron chi connectivity index (χ0n) is 17.9. The highest BCUT2D eigenvalue weighted by Crippen LogP contribution is 2.24. The Hall–Kier alpha value is -1.92. The van der Waals surface area contributed by atoms with E-state index in [1.807, 2.05) is 13.0 Å². The Morgan fingerprint density at radius 1 is 1.03 bits per heavy atom. The summed E-state index contributed by atoms with van der Waals surface area (Å²) in [6, 6.07) is 5.23. The van der Waals surface area contributed by atoms with Crippen LogP contribution in [0.25, 0.3) is 0 Å². The molecule has 6 nitrogen and oxygen atoms in total. The molecular formula is C23H35N3O3. The van der Waals surface area contributed by atoms with Gasteiger partial charge in [0.2, 0.25) is 5.91 Å². The average molecular weight is 402 g/mol. The van der Waals surface area contributed by atoms with Gasteiger partial charge in [-0.25, -0.2) is 4.79 Å². The standard InChI is InChI=1S/C23H35N3O3/c1-18-9-10-20(23(28)29-2)15-21(18)24-22(27)17-26-12-6-11-25(13-14-26)16-19-7-4-3-5-8-19/h9-10,15,19H,3-8,11-14,16-17H2,1-2H3,(H,24,27). The maximum absolute atomic E-state index is 12.6. The van der Waals surface area contributed by atoms with Gasteiger partial charge in [-0.1, -0.05) is 25.3 Å². The molecule has 1 aliphatic heterocycles. The minimum absolute atomic E-state index is 0.0316. The highest BCUT2D eigenvalue weighted by Gasteiger charge is 2.21. The van der Waals surface area contributed by atoms with Crippen molar-refractivity contribution < 1.29 is 14.3 Å². The summed E-state index contributed by atoms with van der Waals surface area (Å²) in [6.07, 6.45) is 8.06. The number of benzene rings is 1. The molecule has 0 unspecified atom stereocenters. The second-order valence-corrected chi connectivity index (χ2v) is 8.50. The number of anilines is 1. The summed E-state index contributed by atoms with van der Waals surface area (Å²) in [5.74, 6) is 0.436. The summed E-state index contributed by atoms with van der Waals surface area (Å²) in [5, 5.41) is 2.97. The predicted molar refractivity (Wildman–Crippen MR) is 115 cm³/mol. The summed E-state index contributed by atoms with van der Waals surface area (Å²) in [4.78, 5) is 29.2. The van der Waals surface area contributed by atoms with E-state index in [2.05, 4.69) is 15.1 Å². The van der Waals surface area contributed by atoms with Gasteiger partial charge in [0.25, 0.3) is 0 Å². The van der Waals surface area contributed by atoms with E-state index in [9.17, 15) is 9.59 Å². The van der Waals surface area contributed by atoms with Gasteiger partial charge >= 0.3 is 5.97 Å². The van der Waals surface area contributed by atoms with E-state index in [4.69, 9.17) is 4.74 Å². The third-order valence-corrected chi connectivity index (χ3v) is 6.22. The van der Waals surface area contributed by atoms with Crippen LogP contribution >= 0.6 is 0 Å². The van der Waals surface area contributed by atoms with E-state index in [0.29, 0.717) is 17.8 Å². The first-order valence-electron chi connectivity index (χ1n) is 11.0. The van der Waals surface area contributed by atoms with Gasteiger partial charge in [0.05, 0.1) is 19.2 Å². The SMILES string of the molecule is COC(=O)c1ccc(C)c(NC(=O)CN2CCCN(CC3CCCCC3)CC2)c1. The van der Waals surface area contributed by atoms with E-state index in [-0.39, 0.29) is 5.91 Å². The molecule has 0 atom stereocenters. The molecule has 29 heavy (non-hydrogen) atoms. The number of nitrogens with zero attached hydrogens (tertiary/aromatic N) is 2. The third kappa shape index (κ3) is 6.54. The molecule has 1 aliphatic carbocycles. The highest BCUT2D eigenvalue weighted by atomic mass is 16.5. The molecule has 0 aromatic heterocycles. The average Bonchev–Trinajstić information content (AvgIpc) is 2.95. The van der Waals surface area contributed by atoms with Crippen molar-refractivity contribution in [2.75, 3.05) is 51.7 Å². The molecule has 2 fully saturated rings. The Kier molecular flexibility index (Phi) is 8.07. The van der Waals surface area contributed by atoms with Crippen molar-refractivity contribution >= 4 is 17.6 Å². The van der Waals surface area contributed by atoms with Crippen molar-refractivity contribution in [3.63, 3.8) is 0 Å². The van der Waals surface area contributed by atoms with Gasteiger partial charge in [-0.05, 0) is 62.9 Å². The molecule has 6 heteroatoms. The number of hydrogen-bond acceptors (Lipinski definition) is 5. The first-order chi connectivity index (χ1) is 14.0. The molecular weight excluding hydrogens is 366 g/mol. The predicted octanol–water partition coefficient (Wildman–Crippen LogP) is 3.31. The van der Waals surface area contributed by atoms with Gasteiger partial charge in [0.1, 0.15) is 0 Å². The minimum Gasteiger partial charge on any atom is -0.465 e. The fourth-order valence-electron chi connectivity index (χ4n) is 4.49. The number of ether oxygens (including phenoxy) is 1. The lowest BCUT2D eigenvalue weighted by molar-refractivity contribution is -0.117. The summed E-state index contributed by atoms with van der Waals surface area (Å²) in [5.41, 5.74) is 2.05. The summed E-state index contributed by atoms with van der Waals surface area (Å²) in [7, 11) is 1.36. The van der Waals surface area contributed by atoms with E-state index in [0.717, 1.165) is 44.1 Å². The Morgan fingerprint density at radius 2 is 1.76 bits per heavy atom. The van der Waals surface area contributed by atoms with Gasteiger partial charge in [0, 0.05) is 25.3 Å². The molecule has 1 amide bonds. The molecule has 1 N–H and O–H groups in total. The van der Waals surface area contributed by atoms with Crippen LogP contribution < -0.4 is 5.32 Å². The van der Waals surface area contributed by atoms with E-state index in [1.165, 1.54) is 45.8 Å². The van der Waals surface area contributed by atoms with Crippen LogP contribution in [0.4, 0.5) is 5.69 Å². The number of rotatable bonds is 6. The molecule has 1 aromatic rings. The van der Waals surface area contributed by atoms with Crippen molar-refractivity contribution in [1.82, 2.24) is 9.80 Å². The minimum atomic E-state index is -0.397. The third-order valence-electron chi connectivity index (χ3n) is 6.22. The molecule has 160 valence electrons. The Morgan fingerprint density at radius 3 is 2.52 bits per heavy atom. The Bertz CT molecular complexity index is 701. The second kappa shape index (κ2) is 10.7. The smallest absolute Gasteiger partial charge is 0.337 e. The largest absolute Gasteiger partial charge is 0.465 e. The van der Waals surface area contributed by atoms with E-state index < -0.39 is 5.97 Å². The first-order valence-corrected chi connectivity index (χ1v) is 11.0. The van der Waals surface area contributed by atoms with Crippen LogP contribution in [-0.2, 0) is 9.53 Å². The van der Waals surface area contributed by atoms with Crippen LogP contribution in [0.3, 0.4) is 0 Å². The van der Waals surface area contributed by atoms with Gasteiger partial charge < -0.3 is 15.0 Å². The Labute approximate surface area is 174 Å². The molecule has 2 aliphatic rings. The van der Waals surface area contributed by atoms with Crippen LogP contribution in [0.15, 0.2) is 18.2 Å². The maximum atomic E-state index is 12.6. The molecule has 0 bridgehead atoms. The van der Waals surface area contributed by atoms with Crippen molar-refractivity contribution in [2.24, 2.45) is 5.92 Å². The first kappa shape index (κ1) is 21.8. The van der Waals surface area contributed by atoms with E-state index in [1.54, 1.807) is 12.1 Å². The zero-order chi connectivity index (χ0) is 20.6. The van der Waals surface area contributed by atoms with Crippen LogP contribution in [-0.4, -0.2) is 68.1 Å². The number of esters is 1. The van der Waals surface area contributed by atoms with Crippen LogP contribution in [0.1, 0.15) is 54.4 Å². The van der Waals surface area contributed by atoms with Crippen molar-refractivity contribution in [2.45, 2.75) is 45.4 Å². The number of carbonyl (C=O) groups excluding carboxylic acids is 2. The summed E-state index contributed by atoms with van der Waals surface area (Å²) < 4.78 is 4.77. The van der Waals surface area contributed by atoms with Crippen LogP contribution in [0, 0.1) is 12.8 Å². The van der Waals surface area contributed by atoms with Crippen molar-refractivity contribution in [1.29, 1.82) is 0 Å². The van der Waals surface area contributed by atoms with Gasteiger partial charge in [0.15, 0.2) is 0 Å². The van der Waals surface area contributed by atoms with E-state index >= 15 is 0 Å². The molecule has 3 rings (SSSR count). The number of hydrogen-bond donors (Lipinski definition) is 1. The lowest BCUT2D eigenvalue weighted by Crippen LogP contribution is -2.37.